The molecular weight excluding hydrogens is 294 g/mol. The van der Waals surface area contributed by atoms with E-state index in [9.17, 15) is 9.59 Å². The van der Waals surface area contributed by atoms with Gasteiger partial charge in [-0.3, -0.25) is 14.3 Å². The van der Waals surface area contributed by atoms with Gasteiger partial charge in [0.2, 0.25) is 0 Å². The molecule has 1 aromatic heterocycles. The average Bonchev–Trinajstić information content (AvgIpc) is 3.24. The van der Waals surface area contributed by atoms with Crippen molar-refractivity contribution in [3.8, 4) is 0 Å². The summed E-state index contributed by atoms with van der Waals surface area (Å²) in [6.07, 6.45) is 0.690. The minimum Gasteiger partial charge on any atom is -0.481 e. The molecule has 6 heteroatoms. The molecule has 0 saturated heterocycles. The lowest BCUT2D eigenvalue weighted by Crippen LogP contribution is -2.17. The molecule has 0 radical (unpaired) electrons. The third kappa shape index (κ3) is 3.11. The molecule has 120 valence electrons. The molecular formula is C17H19N3O3. The molecule has 1 heterocycles. The first-order chi connectivity index (χ1) is 11.0. The van der Waals surface area contributed by atoms with Gasteiger partial charge in [-0.25, -0.2) is 0 Å². The van der Waals surface area contributed by atoms with Crippen LogP contribution in [0.4, 0.5) is 5.69 Å². The summed E-state index contributed by atoms with van der Waals surface area (Å²) in [6, 6.07) is 9.14. The number of hydrogen-bond donors (Lipinski definition) is 2. The predicted molar refractivity (Wildman–Crippen MR) is 85.5 cm³/mol. The van der Waals surface area contributed by atoms with Gasteiger partial charge in [0.1, 0.15) is 5.69 Å². The molecule has 1 aliphatic carbocycles. The zero-order chi connectivity index (χ0) is 16.6. The molecule has 0 unspecified atom stereocenters. The van der Waals surface area contributed by atoms with E-state index in [-0.39, 0.29) is 17.7 Å². The first-order valence-corrected chi connectivity index (χ1v) is 7.68. The Morgan fingerprint density at radius 1 is 1.35 bits per heavy atom. The number of hydrogen-bond acceptors (Lipinski definition) is 3. The number of aryl methyl sites for hydroxylation is 2. The van der Waals surface area contributed by atoms with Crippen LogP contribution in [0.2, 0.25) is 0 Å². The lowest BCUT2D eigenvalue weighted by molar-refractivity contribution is -0.138. The summed E-state index contributed by atoms with van der Waals surface area (Å²) in [5.41, 5.74) is 3.03. The van der Waals surface area contributed by atoms with E-state index in [0.717, 1.165) is 11.3 Å². The van der Waals surface area contributed by atoms with Crippen molar-refractivity contribution in [3.63, 3.8) is 0 Å². The van der Waals surface area contributed by atoms with Crippen LogP contribution < -0.4 is 5.32 Å². The van der Waals surface area contributed by atoms with E-state index in [2.05, 4.69) is 10.4 Å². The van der Waals surface area contributed by atoms with E-state index in [4.69, 9.17) is 5.11 Å². The van der Waals surface area contributed by atoms with Crippen LogP contribution >= 0.6 is 0 Å². The van der Waals surface area contributed by atoms with Crippen molar-refractivity contribution in [1.29, 1.82) is 0 Å². The van der Waals surface area contributed by atoms with Crippen molar-refractivity contribution >= 4 is 17.6 Å². The molecule has 1 amide bonds. The number of carbonyl (C=O) groups is 2. The number of benzene rings is 1. The highest BCUT2D eigenvalue weighted by molar-refractivity contribution is 6.03. The molecule has 2 aromatic rings. The number of carbonyl (C=O) groups excluding carboxylic acids is 1. The zero-order valence-electron chi connectivity index (χ0n) is 13.1. The third-order valence-corrected chi connectivity index (χ3v) is 4.14. The van der Waals surface area contributed by atoms with Crippen LogP contribution in [-0.2, 0) is 11.3 Å². The van der Waals surface area contributed by atoms with Crippen LogP contribution in [0.5, 0.6) is 0 Å². The molecule has 1 aromatic carbocycles. The highest BCUT2D eigenvalue weighted by atomic mass is 16.4. The van der Waals surface area contributed by atoms with Crippen LogP contribution in [0.15, 0.2) is 30.3 Å². The molecule has 1 fully saturated rings. The summed E-state index contributed by atoms with van der Waals surface area (Å²) < 4.78 is 1.67. The maximum absolute atomic E-state index is 12.3. The minimum atomic E-state index is -0.740. The Hall–Kier alpha value is -2.63. The molecule has 2 N–H and O–H groups in total. The fraction of sp³-hybridized carbons (Fsp3) is 0.353. The van der Waals surface area contributed by atoms with Crippen LogP contribution in [0.1, 0.15) is 41.0 Å². The summed E-state index contributed by atoms with van der Waals surface area (Å²) >= 11 is 0. The zero-order valence-corrected chi connectivity index (χ0v) is 13.1. The number of nitrogens with zero attached hydrogens (tertiary/aromatic N) is 2. The molecule has 0 aliphatic heterocycles. The summed E-state index contributed by atoms with van der Waals surface area (Å²) in [4.78, 5) is 23.2. The molecule has 1 saturated carbocycles. The Balaban J connectivity index is 1.69. The van der Waals surface area contributed by atoms with Crippen molar-refractivity contribution in [2.75, 3.05) is 5.32 Å². The van der Waals surface area contributed by atoms with Gasteiger partial charge in [0, 0.05) is 12.2 Å². The normalized spacial score (nSPS) is 19.4. The Morgan fingerprint density at radius 3 is 2.61 bits per heavy atom. The summed E-state index contributed by atoms with van der Waals surface area (Å²) in [7, 11) is 0. The van der Waals surface area contributed by atoms with Gasteiger partial charge >= 0.3 is 5.97 Å². The molecule has 0 spiro atoms. The summed E-state index contributed by atoms with van der Waals surface area (Å²) in [6.45, 7) is 4.42. The smallest absolute Gasteiger partial charge is 0.307 e. The van der Waals surface area contributed by atoms with Crippen molar-refractivity contribution in [3.05, 3.63) is 47.3 Å². The topological polar surface area (TPSA) is 84.2 Å². The third-order valence-electron chi connectivity index (χ3n) is 4.14. The molecule has 0 bridgehead atoms. The highest BCUT2D eigenvalue weighted by Crippen LogP contribution is 2.47. The minimum absolute atomic E-state index is 0.0985. The number of amides is 1. The maximum Gasteiger partial charge on any atom is 0.307 e. The van der Waals surface area contributed by atoms with Gasteiger partial charge in [-0.05, 0) is 49.9 Å². The van der Waals surface area contributed by atoms with Crippen LogP contribution in [0, 0.1) is 12.8 Å². The molecule has 2 atom stereocenters. The summed E-state index contributed by atoms with van der Waals surface area (Å²) in [5, 5.41) is 16.1. The maximum atomic E-state index is 12.3. The van der Waals surface area contributed by atoms with Gasteiger partial charge in [-0.15, -0.1) is 0 Å². The number of nitrogens with one attached hydrogen (secondary N) is 1. The van der Waals surface area contributed by atoms with Gasteiger partial charge in [-0.1, -0.05) is 12.1 Å². The van der Waals surface area contributed by atoms with Gasteiger partial charge in [0.05, 0.1) is 11.6 Å². The molecule has 6 nitrogen and oxygen atoms in total. The Labute approximate surface area is 134 Å². The van der Waals surface area contributed by atoms with Crippen molar-refractivity contribution in [2.24, 2.45) is 5.92 Å². The number of carboxylic acids is 1. The Morgan fingerprint density at radius 2 is 2.04 bits per heavy atom. The first-order valence-electron chi connectivity index (χ1n) is 7.68. The van der Waals surface area contributed by atoms with Crippen molar-refractivity contribution in [1.82, 2.24) is 9.78 Å². The van der Waals surface area contributed by atoms with Crippen molar-refractivity contribution in [2.45, 2.75) is 32.7 Å². The lowest BCUT2D eigenvalue weighted by atomic mass is 10.1. The van der Waals surface area contributed by atoms with Crippen molar-refractivity contribution < 1.29 is 14.7 Å². The Kier molecular flexibility index (Phi) is 3.90. The second kappa shape index (κ2) is 5.87. The van der Waals surface area contributed by atoms with Crippen LogP contribution in [0.3, 0.4) is 0 Å². The highest BCUT2D eigenvalue weighted by Gasteiger charge is 2.43. The quantitative estimate of drug-likeness (QED) is 0.889. The standard InChI is InChI=1S/C17H19N3O3/c1-3-20-15(8-10(2)19-20)16(21)18-12-6-4-11(5-7-12)13-9-14(13)17(22)23/h4-8,13-14H,3,9H2,1-2H3,(H,18,21)(H,22,23)/t13-,14+/m0/s1. The van der Waals surface area contributed by atoms with Gasteiger partial charge < -0.3 is 10.4 Å². The van der Waals surface area contributed by atoms with Crippen LogP contribution in [-0.4, -0.2) is 26.8 Å². The molecule has 1 aliphatic rings. The SMILES string of the molecule is CCn1nc(C)cc1C(=O)Nc1ccc([C@@H]2C[C@H]2C(=O)O)cc1. The second-order valence-electron chi connectivity index (χ2n) is 5.85. The average molecular weight is 313 g/mol. The van der Waals surface area contributed by atoms with Gasteiger partial charge in [-0.2, -0.15) is 5.10 Å². The van der Waals surface area contributed by atoms with E-state index in [1.807, 2.05) is 38.1 Å². The Bertz CT molecular complexity index is 749. The fourth-order valence-corrected chi connectivity index (χ4v) is 2.81. The second-order valence-corrected chi connectivity index (χ2v) is 5.85. The monoisotopic (exact) mass is 313 g/mol. The van der Waals surface area contributed by atoms with E-state index < -0.39 is 5.97 Å². The predicted octanol–water partition coefficient (Wildman–Crippen LogP) is 2.65. The summed E-state index contributed by atoms with van der Waals surface area (Å²) in [5.74, 6) is -1.11. The lowest BCUT2D eigenvalue weighted by Gasteiger charge is -2.07. The van der Waals surface area contributed by atoms with Gasteiger partial charge in [0.15, 0.2) is 0 Å². The van der Waals surface area contributed by atoms with E-state index in [1.54, 1.807) is 10.7 Å². The van der Waals surface area contributed by atoms with E-state index in [0.29, 0.717) is 24.3 Å². The van der Waals surface area contributed by atoms with Gasteiger partial charge in [0.25, 0.3) is 5.91 Å². The molecule has 23 heavy (non-hydrogen) atoms. The number of rotatable bonds is 5. The largest absolute Gasteiger partial charge is 0.481 e. The van der Waals surface area contributed by atoms with E-state index in [1.165, 1.54) is 0 Å². The number of aromatic nitrogens is 2. The molecule has 3 rings (SSSR count). The van der Waals surface area contributed by atoms with E-state index >= 15 is 0 Å². The number of carboxylic acid groups (broad SMARTS) is 1. The first kappa shape index (κ1) is 15.3. The fourth-order valence-electron chi connectivity index (χ4n) is 2.81. The number of aliphatic carboxylic acids is 1. The van der Waals surface area contributed by atoms with Crippen LogP contribution in [0.25, 0.3) is 0 Å². The number of anilines is 1.